The molecule has 0 amide bonds. The van der Waals surface area contributed by atoms with Crippen molar-refractivity contribution in [3.63, 3.8) is 0 Å². The van der Waals surface area contributed by atoms with E-state index in [0.717, 1.165) is 24.8 Å². The monoisotopic (exact) mass is 289 g/mol. The Balaban J connectivity index is 2.09. The molecule has 1 aliphatic carbocycles. The molecule has 0 heterocycles. The van der Waals surface area contributed by atoms with Crippen molar-refractivity contribution < 1.29 is 8.42 Å². The SMILES string of the molecule is C=C(C)C1CC=C(/C=N/S(=O)(=O)c2ccccc2)CC1. The van der Waals surface area contributed by atoms with Gasteiger partial charge in [0.05, 0.1) is 4.90 Å². The zero-order valence-corrected chi connectivity index (χ0v) is 12.4. The average Bonchev–Trinajstić information content (AvgIpc) is 2.46. The van der Waals surface area contributed by atoms with E-state index in [-0.39, 0.29) is 4.90 Å². The van der Waals surface area contributed by atoms with Crippen LogP contribution in [0.25, 0.3) is 0 Å². The fourth-order valence-corrected chi connectivity index (χ4v) is 3.11. The molecule has 0 bridgehead atoms. The number of allylic oxidation sites excluding steroid dienone is 3. The summed E-state index contributed by atoms with van der Waals surface area (Å²) in [5.74, 6) is 0.512. The summed E-state index contributed by atoms with van der Waals surface area (Å²) in [5.41, 5.74) is 2.18. The Labute approximate surface area is 120 Å². The molecule has 1 aromatic carbocycles. The lowest BCUT2D eigenvalue weighted by Gasteiger charge is -2.20. The number of sulfonamides is 1. The molecule has 0 spiro atoms. The molecule has 0 radical (unpaired) electrons. The Kier molecular flexibility index (Phi) is 4.55. The van der Waals surface area contributed by atoms with E-state index in [4.69, 9.17) is 0 Å². The van der Waals surface area contributed by atoms with Crippen molar-refractivity contribution >= 4 is 16.2 Å². The molecule has 0 saturated carbocycles. The van der Waals surface area contributed by atoms with Crippen molar-refractivity contribution in [3.8, 4) is 0 Å². The molecule has 2 rings (SSSR count). The first-order valence-electron chi connectivity index (χ1n) is 6.69. The second-order valence-corrected chi connectivity index (χ2v) is 6.75. The molecule has 3 nitrogen and oxygen atoms in total. The number of nitrogens with zero attached hydrogens (tertiary/aromatic N) is 1. The average molecular weight is 289 g/mol. The van der Waals surface area contributed by atoms with Crippen molar-refractivity contribution in [1.82, 2.24) is 0 Å². The van der Waals surface area contributed by atoms with Gasteiger partial charge in [-0.05, 0) is 49.8 Å². The van der Waals surface area contributed by atoms with Gasteiger partial charge in [-0.2, -0.15) is 12.8 Å². The predicted octanol–water partition coefficient (Wildman–Crippen LogP) is 3.75. The first kappa shape index (κ1) is 14.7. The highest BCUT2D eigenvalue weighted by molar-refractivity contribution is 7.90. The Morgan fingerprint density at radius 1 is 1.35 bits per heavy atom. The third kappa shape index (κ3) is 3.67. The topological polar surface area (TPSA) is 46.5 Å². The molecule has 1 atom stereocenters. The molecule has 4 heteroatoms. The third-order valence-corrected chi connectivity index (χ3v) is 4.79. The van der Waals surface area contributed by atoms with E-state index in [2.05, 4.69) is 17.1 Å². The molecule has 106 valence electrons. The lowest BCUT2D eigenvalue weighted by atomic mass is 9.86. The van der Waals surface area contributed by atoms with Crippen molar-refractivity contribution in [3.05, 3.63) is 54.1 Å². The number of rotatable bonds is 4. The lowest BCUT2D eigenvalue weighted by Crippen LogP contribution is -2.07. The smallest absolute Gasteiger partial charge is 0.199 e. The normalized spacial score (nSPS) is 19.9. The lowest BCUT2D eigenvalue weighted by molar-refractivity contribution is 0.548. The Hall–Kier alpha value is -1.68. The fraction of sp³-hybridized carbons (Fsp3) is 0.312. The van der Waals surface area contributed by atoms with Gasteiger partial charge in [-0.25, -0.2) is 0 Å². The third-order valence-electron chi connectivity index (χ3n) is 3.54. The van der Waals surface area contributed by atoms with Crippen LogP contribution in [0.15, 0.2) is 63.4 Å². The summed E-state index contributed by atoms with van der Waals surface area (Å²) >= 11 is 0. The van der Waals surface area contributed by atoms with E-state index in [1.165, 1.54) is 11.8 Å². The molecule has 1 aliphatic rings. The van der Waals surface area contributed by atoms with Crippen LogP contribution in [0.5, 0.6) is 0 Å². The minimum atomic E-state index is -3.58. The molecule has 0 aliphatic heterocycles. The maximum atomic E-state index is 12.0. The Bertz CT molecular complexity index is 642. The van der Waals surface area contributed by atoms with Gasteiger partial charge in [0.1, 0.15) is 0 Å². The summed E-state index contributed by atoms with van der Waals surface area (Å²) in [6.07, 6.45) is 6.33. The second kappa shape index (κ2) is 6.18. The molecular formula is C16H19NO2S. The highest BCUT2D eigenvalue weighted by Crippen LogP contribution is 2.27. The van der Waals surface area contributed by atoms with E-state index in [0.29, 0.717) is 5.92 Å². The summed E-state index contributed by atoms with van der Waals surface area (Å²) < 4.78 is 27.8. The molecule has 1 aromatic rings. The molecule has 0 aromatic heterocycles. The quantitative estimate of drug-likeness (QED) is 0.626. The zero-order valence-electron chi connectivity index (χ0n) is 11.6. The zero-order chi connectivity index (χ0) is 14.6. The van der Waals surface area contributed by atoms with Gasteiger partial charge in [0, 0.05) is 6.21 Å². The number of hydrogen-bond donors (Lipinski definition) is 0. The summed E-state index contributed by atoms with van der Waals surface area (Å²) in [5, 5.41) is 0. The Morgan fingerprint density at radius 3 is 2.60 bits per heavy atom. The molecule has 0 saturated heterocycles. The molecule has 0 fully saturated rings. The van der Waals surface area contributed by atoms with E-state index >= 15 is 0 Å². The van der Waals surface area contributed by atoms with Crippen molar-refractivity contribution in [2.75, 3.05) is 0 Å². The van der Waals surface area contributed by atoms with Crippen LogP contribution in [0.2, 0.25) is 0 Å². The van der Waals surface area contributed by atoms with E-state index in [1.807, 2.05) is 6.92 Å². The highest BCUT2D eigenvalue weighted by Gasteiger charge is 2.15. The molecule has 1 unspecified atom stereocenters. The van der Waals surface area contributed by atoms with E-state index in [1.54, 1.807) is 30.3 Å². The van der Waals surface area contributed by atoms with Gasteiger partial charge < -0.3 is 0 Å². The summed E-state index contributed by atoms with van der Waals surface area (Å²) in [7, 11) is -3.58. The number of benzene rings is 1. The first-order valence-corrected chi connectivity index (χ1v) is 8.13. The summed E-state index contributed by atoms with van der Waals surface area (Å²) in [4.78, 5) is 0.229. The molecular weight excluding hydrogens is 270 g/mol. The molecule has 0 N–H and O–H groups in total. The minimum Gasteiger partial charge on any atom is -0.199 e. The van der Waals surface area contributed by atoms with E-state index in [9.17, 15) is 8.42 Å². The van der Waals surface area contributed by atoms with Crippen LogP contribution in [0.3, 0.4) is 0 Å². The van der Waals surface area contributed by atoms with Crippen LogP contribution in [0.1, 0.15) is 26.2 Å². The van der Waals surface area contributed by atoms with Gasteiger partial charge in [0.25, 0.3) is 10.0 Å². The van der Waals surface area contributed by atoms with Gasteiger partial charge in [-0.15, -0.1) is 0 Å². The fourth-order valence-electron chi connectivity index (χ4n) is 2.21. The van der Waals surface area contributed by atoms with Crippen LogP contribution in [0.4, 0.5) is 0 Å². The van der Waals surface area contributed by atoms with Crippen LogP contribution >= 0.6 is 0 Å². The van der Waals surface area contributed by atoms with Crippen LogP contribution in [0, 0.1) is 5.92 Å². The maximum absolute atomic E-state index is 12.0. The van der Waals surface area contributed by atoms with E-state index < -0.39 is 10.0 Å². The van der Waals surface area contributed by atoms with Crippen molar-refractivity contribution in [2.45, 2.75) is 31.1 Å². The highest BCUT2D eigenvalue weighted by atomic mass is 32.2. The maximum Gasteiger partial charge on any atom is 0.282 e. The van der Waals surface area contributed by atoms with Gasteiger partial charge in [0.2, 0.25) is 0 Å². The number of hydrogen-bond acceptors (Lipinski definition) is 2. The predicted molar refractivity (Wildman–Crippen MR) is 82.4 cm³/mol. The largest absolute Gasteiger partial charge is 0.282 e. The Morgan fingerprint density at radius 2 is 2.05 bits per heavy atom. The van der Waals surface area contributed by atoms with Gasteiger partial charge in [-0.1, -0.05) is 36.4 Å². The summed E-state index contributed by atoms with van der Waals surface area (Å²) in [6.45, 7) is 6.01. The van der Waals surface area contributed by atoms with Crippen LogP contribution in [-0.4, -0.2) is 14.6 Å². The standard InChI is InChI=1S/C16H19NO2S/c1-13(2)15-10-8-14(9-11-15)12-17-20(18,19)16-6-4-3-5-7-16/h3-8,12,15H,1,9-11H2,2H3/b17-12+. The van der Waals surface area contributed by atoms with Gasteiger partial charge in [-0.3, -0.25) is 0 Å². The van der Waals surface area contributed by atoms with Crippen LogP contribution < -0.4 is 0 Å². The second-order valence-electron chi connectivity index (χ2n) is 5.12. The van der Waals surface area contributed by atoms with Gasteiger partial charge in [0.15, 0.2) is 0 Å². The van der Waals surface area contributed by atoms with Gasteiger partial charge >= 0.3 is 0 Å². The molecule has 20 heavy (non-hydrogen) atoms. The summed E-state index contributed by atoms with van der Waals surface area (Å²) in [6, 6.07) is 8.28. The van der Waals surface area contributed by atoms with Crippen LogP contribution in [-0.2, 0) is 10.0 Å². The van der Waals surface area contributed by atoms with Crippen molar-refractivity contribution in [2.24, 2.45) is 10.3 Å². The van der Waals surface area contributed by atoms with Crippen molar-refractivity contribution in [1.29, 1.82) is 0 Å². The first-order chi connectivity index (χ1) is 9.49. The minimum absolute atomic E-state index is 0.229.